The van der Waals surface area contributed by atoms with Crippen LogP contribution in [0.5, 0.6) is 0 Å². The van der Waals surface area contributed by atoms with Crippen molar-refractivity contribution in [3.63, 3.8) is 0 Å². The maximum absolute atomic E-state index is 12.8. The number of carbonyl (C=O) groups is 2. The molecule has 2 amide bonds. The Bertz CT molecular complexity index is 796. The van der Waals surface area contributed by atoms with Crippen LogP contribution >= 0.6 is 0 Å². The minimum atomic E-state index is 0.105. The zero-order valence-electron chi connectivity index (χ0n) is 35.2. The molecule has 0 aromatic carbocycles. The van der Waals surface area contributed by atoms with Gasteiger partial charge in [0.05, 0.1) is 12.3 Å². The Hall–Kier alpha value is -1.66. The fourth-order valence-electron chi connectivity index (χ4n) is 7.49. The van der Waals surface area contributed by atoms with E-state index in [1.165, 1.54) is 141 Å². The van der Waals surface area contributed by atoms with Gasteiger partial charge in [-0.3, -0.25) is 19.4 Å². The van der Waals surface area contributed by atoms with Crippen LogP contribution in [0.15, 0.2) is 24.3 Å². The molecule has 0 radical (unpaired) electrons. The third kappa shape index (κ3) is 27.9. The Morgan fingerprint density at radius 2 is 0.692 bits per heavy atom. The van der Waals surface area contributed by atoms with Gasteiger partial charge in [-0.15, -0.1) is 0 Å². The van der Waals surface area contributed by atoms with Crippen molar-refractivity contribution in [2.75, 3.05) is 26.2 Å². The molecule has 304 valence electrons. The summed E-state index contributed by atoms with van der Waals surface area (Å²) in [5.41, 5.74) is 0. The van der Waals surface area contributed by atoms with E-state index in [-0.39, 0.29) is 24.1 Å². The van der Waals surface area contributed by atoms with Crippen molar-refractivity contribution in [1.82, 2.24) is 20.4 Å². The highest BCUT2D eigenvalue weighted by atomic mass is 16.2. The standard InChI is InChI=1S/C46H88N4O2/c1-5-9-11-13-15-17-19-21-23-25-27-29-31-33-35-37-45(51)47-43(7-3)49-39-41-50(42-40-49)44(8-4)48-46(52)38-36-34-32-30-28-26-24-22-20-18-16-14-12-10-6-2/h21-24,43-44H,5-20,25-42H2,1-4H3,(H,47,51)(H,48,52). The van der Waals surface area contributed by atoms with Gasteiger partial charge in [0.15, 0.2) is 0 Å². The molecule has 6 heteroatoms. The summed E-state index contributed by atoms with van der Waals surface area (Å²) in [5, 5.41) is 6.65. The lowest BCUT2D eigenvalue weighted by Crippen LogP contribution is -2.59. The molecule has 2 unspecified atom stereocenters. The Morgan fingerprint density at radius 1 is 0.423 bits per heavy atom. The van der Waals surface area contributed by atoms with Crippen LogP contribution in [0.2, 0.25) is 0 Å². The minimum absolute atomic E-state index is 0.105. The van der Waals surface area contributed by atoms with Crippen LogP contribution < -0.4 is 10.6 Å². The second-order valence-electron chi connectivity index (χ2n) is 15.7. The normalized spacial score (nSPS) is 15.5. The van der Waals surface area contributed by atoms with Crippen molar-refractivity contribution in [3.8, 4) is 0 Å². The van der Waals surface area contributed by atoms with Gasteiger partial charge in [0.2, 0.25) is 11.8 Å². The monoisotopic (exact) mass is 729 g/mol. The highest BCUT2D eigenvalue weighted by Gasteiger charge is 2.27. The van der Waals surface area contributed by atoms with Gasteiger partial charge >= 0.3 is 0 Å². The number of amides is 2. The Kier molecular flexibility index (Phi) is 33.8. The van der Waals surface area contributed by atoms with E-state index in [0.717, 1.165) is 64.7 Å². The minimum Gasteiger partial charge on any atom is -0.341 e. The first-order valence-corrected chi connectivity index (χ1v) is 22.9. The molecule has 2 N–H and O–H groups in total. The van der Waals surface area contributed by atoms with Gasteiger partial charge in [0.1, 0.15) is 0 Å². The van der Waals surface area contributed by atoms with Crippen LogP contribution in [0, 0.1) is 0 Å². The summed E-state index contributed by atoms with van der Waals surface area (Å²) in [6.45, 7) is 12.6. The molecule has 0 aliphatic carbocycles. The lowest BCUT2D eigenvalue weighted by molar-refractivity contribution is -0.125. The molecule has 1 heterocycles. The van der Waals surface area contributed by atoms with Crippen LogP contribution in [-0.4, -0.2) is 60.1 Å². The second-order valence-corrected chi connectivity index (χ2v) is 15.7. The first-order chi connectivity index (χ1) is 25.5. The number of hydrogen-bond acceptors (Lipinski definition) is 4. The summed E-state index contributed by atoms with van der Waals surface area (Å²) >= 11 is 0. The van der Waals surface area contributed by atoms with E-state index in [1.807, 2.05) is 0 Å². The predicted molar refractivity (Wildman–Crippen MR) is 226 cm³/mol. The highest BCUT2D eigenvalue weighted by Crippen LogP contribution is 2.15. The maximum atomic E-state index is 12.8. The van der Waals surface area contributed by atoms with Crippen molar-refractivity contribution < 1.29 is 9.59 Å². The van der Waals surface area contributed by atoms with Gasteiger partial charge in [-0.2, -0.15) is 0 Å². The fraction of sp³-hybridized carbons (Fsp3) is 0.870. The molecular formula is C46H88N4O2. The number of nitrogens with zero attached hydrogens (tertiary/aromatic N) is 2. The van der Waals surface area contributed by atoms with Gasteiger partial charge in [0, 0.05) is 39.0 Å². The van der Waals surface area contributed by atoms with E-state index in [1.54, 1.807) is 0 Å². The first-order valence-electron chi connectivity index (χ1n) is 22.9. The van der Waals surface area contributed by atoms with Crippen molar-refractivity contribution in [2.45, 2.75) is 233 Å². The molecule has 0 spiro atoms. The summed E-state index contributed by atoms with van der Waals surface area (Å²) in [7, 11) is 0. The molecule has 0 aromatic heterocycles. The van der Waals surface area contributed by atoms with E-state index in [4.69, 9.17) is 0 Å². The number of hydrogen-bond donors (Lipinski definition) is 2. The Morgan fingerprint density at radius 3 is 0.981 bits per heavy atom. The highest BCUT2D eigenvalue weighted by molar-refractivity contribution is 5.76. The van der Waals surface area contributed by atoms with Crippen LogP contribution in [0.3, 0.4) is 0 Å². The molecule has 1 aliphatic rings. The van der Waals surface area contributed by atoms with Crippen molar-refractivity contribution in [2.24, 2.45) is 0 Å². The number of nitrogens with one attached hydrogen (secondary N) is 2. The predicted octanol–water partition coefficient (Wildman–Crippen LogP) is 12.4. The molecule has 1 rings (SSSR count). The number of rotatable bonds is 36. The van der Waals surface area contributed by atoms with Crippen LogP contribution in [0.1, 0.15) is 220 Å². The average molecular weight is 729 g/mol. The molecule has 0 saturated carbocycles. The molecule has 52 heavy (non-hydrogen) atoms. The largest absolute Gasteiger partial charge is 0.341 e. The van der Waals surface area contributed by atoms with Gasteiger partial charge in [-0.25, -0.2) is 0 Å². The third-order valence-corrected chi connectivity index (χ3v) is 11.0. The molecule has 1 aliphatic heterocycles. The Labute approximate surface area is 324 Å². The summed E-state index contributed by atoms with van der Waals surface area (Å²) < 4.78 is 0. The maximum Gasteiger partial charge on any atom is 0.221 e. The zero-order chi connectivity index (χ0) is 37.7. The van der Waals surface area contributed by atoms with Gasteiger partial charge in [0.25, 0.3) is 0 Å². The van der Waals surface area contributed by atoms with Crippen molar-refractivity contribution in [1.29, 1.82) is 0 Å². The van der Waals surface area contributed by atoms with E-state index in [2.05, 4.69) is 72.4 Å². The lowest BCUT2D eigenvalue weighted by Gasteiger charge is -2.42. The summed E-state index contributed by atoms with van der Waals surface area (Å²) in [6, 6.07) is 0. The summed E-state index contributed by atoms with van der Waals surface area (Å²) in [4.78, 5) is 30.4. The van der Waals surface area contributed by atoms with E-state index >= 15 is 0 Å². The van der Waals surface area contributed by atoms with Gasteiger partial charge in [-0.1, -0.05) is 155 Å². The smallest absolute Gasteiger partial charge is 0.221 e. The molecule has 1 fully saturated rings. The van der Waals surface area contributed by atoms with Gasteiger partial charge < -0.3 is 10.6 Å². The first kappa shape index (κ1) is 48.4. The average Bonchev–Trinajstić information content (AvgIpc) is 3.16. The molecule has 6 nitrogen and oxygen atoms in total. The number of carbonyl (C=O) groups excluding carboxylic acids is 2. The van der Waals surface area contributed by atoms with Crippen LogP contribution in [0.4, 0.5) is 0 Å². The zero-order valence-corrected chi connectivity index (χ0v) is 35.2. The number of piperazine rings is 1. The van der Waals surface area contributed by atoms with Crippen LogP contribution in [0.25, 0.3) is 0 Å². The Balaban J connectivity index is 2.09. The van der Waals surface area contributed by atoms with Crippen LogP contribution in [-0.2, 0) is 9.59 Å². The van der Waals surface area contributed by atoms with Gasteiger partial charge in [-0.05, 0) is 77.0 Å². The second kappa shape index (κ2) is 36.3. The molecule has 0 bridgehead atoms. The van der Waals surface area contributed by atoms with E-state index in [9.17, 15) is 9.59 Å². The number of allylic oxidation sites excluding steroid dienone is 4. The fourth-order valence-corrected chi connectivity index (χ4v) is 7.49. The lowest BCUT2D eigenvalue weighted by atomic mass is 10.1. The molecular weight excluding hydrogens is 641 g/mol. The van der Waals surface area contributed by atoms with E-state index in [0.29, 0.717) is 12.8 Å². The summed E-state index contributed by atoms with van der Waals surface area (Å²) in [6.07, 6.45) is 46.0. The van der Waals surface area contributed by atoms with E-state index < -0.39 is 0 Å². The van der Waals surface area contributed by atoms with Crippen molar-refractivity contribution >= 4 is 11.8 Å². The summed E-state index contributed by atoms with van der Waals surface area (Å²) in [5.74, 6) is 0.391. The number of unbranched alkanes of at least 4 members (excludes halogenated alkanes) is 22. The quantitative estimate of drug-likeness (QED) is 0.0498. The molecule has 2 atom stereocenters. The third-order valence-electron chi connectivity index (χ3n) is 11.0. The van der Waals surface area contributed by atoms with Crippen molar-refractivity contribution in [3.05, 3.63) is 24.3 Å². The SMILES string of the molecule is CCCCCCCCC=CCCCCCCCC(=O)NC(CC)N1CCN(C(CC)NC(=O)CCCCCCCC=CCCCCCCCC)CC1. The topological polar surface area (TPSA) is 64.7 Å². The molecule has 1 saturated heterocycles. The molecule has 0 aromatic rings.